The molecule has 1 saturated heterocycles. The number of nitrogens with zero attached hydrogens (tertiary/aromatic N) is 1. The van der Waals surface area contributed by atoms with Crippen LogP contribution in [0.4, 0.5) is 0 Å². The van der Waals surface area contributed by atoms with Crippen LogP contribution >= 0.6 is 46.6 Å². The molecule has 0 bridgehead atoms. The van der Waals surface area contributed by atoms with Gasteiger partial charge in [0.2, 0.25) is 0 Å². The molecule has 1 heterocycles. The average molecular weight is 401 g/mol. The maximum atomic E-state index is 12.3. The average Bonchev–Trinajstić information content (AvgIpc) is 2.80. The molecule has 0 saturated carbocycles. The predicted molar refractivity (Wildman–Crippen MR) is 84.5 cm³/mol. The Kier molecular flexibility index (Phi) is 6.17. The summed E-state index contributed by atoms with van der Waals surface area (Å²) in [5.74, 6) is 0.0625. The zero-order chi connectivity index (χ0) is 12.4. The minimum absolute atomic E-state index is 0. The largest absolute Gasteiger partial charge is 0.334 e. The standard InChI is InChI=1S/C12H14ClIN2O.ClH/c13-10-4-3-8(6-11(10)14)12(17)16-5-1-2-9(16)7-15;/h3-4,6,9H,1-2,5,7,15H2;1H. The van der Waals surface area contributed by atoms with Gasteiger partial charge in [0.05, 0.1) is 5.02 Å². The van der Waals surface area contributed by atoms with E-state index in [0.717, 1.165) is 23.0 Å². The van der Waals surface area contributed by atoms with Crippen molar-refractivity contribution >= 4 is 52.5 Å². The monoisotopic (exact) mass is 400 g/mol. The van der Waals surface area contributed by atoms with E-state index in [1.54, 1.807) is 12.1 Å². The Morgan fingerprint density at radius 3 is 2.89 bits per heavy atom. The normalized spacial score (nSPS) is 18.6. The van der Waals surface area contributed by atoms with Gasteiger partial charge in [0.15, 0.2) is 0 Å². The van der Waals surface area contributed by atoms with Crippen molar-refractivity contribution in [1.82, 2.24) is 4.90 Å². The van der Waals surface area contributed by atoms with E-state index in [0.29, 0.717) is 17.1 Å². The van der Waals surface area contributed by atoms with Crippen LogP contribution in [-0.4, -0.2) is 29.9 Å². The molecule has 0 spiro atoms. The molecule has 0 aromatic heterocycles. The van der Waals surface area contributed by atoms with Gasteiger partial charge in [-0.05, 0) is 53.6 Å². The molecule has 18 heavy (non-hydrogen) atoms. The fraction of sp³-hybridized carbons (Fsp3) is 0.417. The molecular formula is C12H15Cl2IN2O. The second-order valence-electron chi connectivity index (χ2n) is 4.16. The molecule has 2 rings (SSSR count). The highest BCUT2D eigenvalue weighted by atomic mass is 127. The Labute approximate surface area is 132 Å². The molecule has 100 valence electrons. The molecule has 2 N–H and O–H groups in total. The van der Waals surface area contributed by atoms with Crippen LogP contribution in [0.2, 0.25) is 5.02 Å². The van der Waals surface area contributed by atoms with Gasteiger partial charge in [0.25, 0.3) is 5.91 Å². The smallest absolute Gasteiger partial charge is 0.254 e. The Morgan fingerprint density at radius 2 is 2.28 bits per heavy atom. The summed E-state index contributed by atoms with van der Waals surface area (Å²) in [7, 11) is 0. The maximum Gasteiger partial charge on any atom is 0.254 e. The van der Waals surface area contributed by atoms with Crippen molar-refractivity contribution in [3.8, 4) is 0 Å². The van der Waals surface area contributed by atoms with Crippen molar-refractivity contribution in [1.29, 1.82) is 0 Å². The lowest BCUT2D eigenvalue weighted by Crippen LogP contribution is -2.39. The van der Waals surface area contributed by atoms with E-state index in [-0.39, 0.29) is 24.4 Å². The van der Waals surface area contributed by atoms with E-state index >= 15 is 0 Å². The van der Waals surface area contributed by atoms with Gasteiger partial charge in [0.1, 0.15) is 0 Å². The number of amides is 1. The number of carbonyl (C=O) groups excluding carboxylic acids is 1. The molecule has 3 nitrogen and oxygen atoms in total. The SMILES string of the molecule is Cl.NCC1CCCN1C(=O)c1ccc(Cl)c(I)c1. The number of likely N-dealkylation sites (tertiary alicyclic amines) is 1. The molecule has 1 aromatic carbocycles. The molecule has 1 atom stereocenters. The van der Waals surface area contributed by atoms with Crippen LogP contribution in [0.25, 0.3) is 0 Å². The number of hydrogen-bond donors (Lipinski definition) is 1. The lowest BCUT2D eigenvalue weighted by Gasteiger charge is -2.23. The number of rotatable bonds is 2. The van der Waals surface area contributed by atoms with E-state index in [1.807, 2.05) is 11.0 Å². The van der Waals surface area contributed by atoms with Crippen molar-refractivity contribution in [2.45, 2.75) is 18.9 Å². The number of carbonyl (C=O) groups is 1. The van der Waals surface area contributed by atoms with Gasteiger partial charge in [-0.15, -0.1) is 12.4 Å². The number of nitrogens with two attached hydrogens (primary N) is 1. The third kappa shape index (κ3) is 3.29. The maximum absolute atomic E-state index is 12.3. The second kappa shape index (κ2) is 6.93. The number of benzene rings is 1. The summed E-state index contributed by atoms with van der Waals surface area (Å²) in [5, 5.41) is 0.680. The minimum atomic E-state index is 0. The van der Waals surface area contributed by atoms with Crippen LogP contribution in [0.3, 0.4) is 0 Å². The zero-order valence-corrected chi connectivity index (χ0v) is 13.5. The first-order chi connectivity index (χ1) is 8.13. The molecular weight excluding hydrogens is 386 g/mol. The highest BCUT2D eigenvalue weighted by Crippen LogP contribution is 2.23. The van der Waals surface area contributed by atoms with Crippen molar-refractivity contribution in [2.75, 3.05) is 13.1 Å². The second-order valence-corrected chi connectivity index (χ2v) is 5.73. The quantitative estimate of drug-likeness (QED) is 0.775. The van der Waals surface area contributed by atoms with Crippen molar-refractivity contribution in [2.24, 2.45) is 5.73 Å². The molecule has 1 aliphatic rings. The van der Waals surface area contributed by atoms with E-state index in [2.05, 4.69) is 22.6 Å². The summed E-state index contributed by atoms with van der Waals surface area (Å²) in [4.78, 5) is 14.2. The molecule has 0 aliphatic carbocycles. The molecule has 1 amide bonds. The summed E-state index contributed by atoms with van der Waals surface area (Å²) in [6, 6.07) is 5.57. The van der Waals surface area contributed by atoms with Crippen molar-refractivity contribution in [3.05, 3.63) is 32.4 Å². The third-order valence-corrected chi connectivity index (χ3v) is 4.62. The van der Waals surface area contributed by atoms with Crippen LogP contribution in [0.5, 0.6) is 0 Å². The van der Waals surface area contributed by atoms with E-state index < -0.39 is 0 Å². The molecule has 1 aromatic rings. The lowest BCUT2D eigenvalue weighted by atomic mass is 10.1. The first-order valence-corrected chi connectivity index (χ1v) is 7.05. The van der Waals surface area contributed by atoms with Gasteiger partial charge >= 0.3 is 0 Å². The molecule has 1 unspecified atom stereocenters. The molecule has 1 fully saturated rings. The third-order valence-electron chi connectivity index (χ3n) is 3.08. The van der Waals surface area contributed by atoms with Crippen molar-refractivity contribution < 1.29 is 4.79 Å². The molecule has 6 heteroatoms. The van der Waals surface area contributed by atoms with Gasteiger partial charge in [-0.3, -0.25) is 4.79 Å². The minimum Gasteiger partial charge on any atom is -0.334 e. The van der Waals surface area contributed by atoms with Crippen LogP contribution < -0.4 is 5.73 Å². The predicted octanol–water partition coefficient (Wildman–Crippen LogP) is 2.93. The lowest BCUT2D eigenvalue weighted by molar-refractivity contribution is 0.0741. The summed E-state index contributed by atoms with van der Waals surface area (Å²) >= 11 is 8.08. The van der Waals surface area contributed by atoms with Gasteiger partial charge in [0, 0.05) is 28.3 Å². The van der Waals surface area contributed by atoms with Crippen LogP contribution in [0.15, 0.2) is 18.2 Å². The number of hydrogen-bond acceptors (Lipinski definition) is 2. The summed E-state index contributed by atoms with van der Waals surface area (Å²) in [6.07, 6.45) is 2.05. The van der Waals surface area contributed by atoms with E-state index in [1.165, 1.54) is 0 Å². The zero-order valence-electron chi connectivity index (χ0n) is 9.73. The Hall–Kier alpha value is -0.0400. The first kappa shape index (κ1) is 16.0. The van der Waals surface area contributed by atoms with Crippen LogP contribution in [-0.2, 0) is 0 Å². The summed E-state index contributed by atoms with van der Waals surface area (Å²) in [5.41, 5.74) is 6.37. The fourth-order valence-electron chi connectivity index (χ4n) is 2.14. The van der Waals surface area contributed by atoms with Crippen LogP contribution in [0, 0.1) is 3.57 Å². The highest BCUT2D eigenvalue weighted by Gasteiger charge is 2.28. The summed E-state index contributed by atoms with van der Waals surface area (Å²) < 4.78 is 0.901. The first-order valence-electron chi connectivity index (χ1n) is 5.59. The van der Waals surface area contributed by atoms with Crippen molar-refractivity contribution in [3.63, 3.8) is 0 Å². The highest BCUT2D eigenvalue weighted by molar-refractivity contribution is 14.1. The van der Waals surface area contributed by atoms with Gasteiger partial charge < -0.3 is 10.6 Å². The molecule has 0 radical (unpaired) electrons. The van der Waals surface area contributed by atoms with Gasteiger partial charge in [-0.1, -0.05) is 11.6 Å². The molecule has 1 aliphatic heterocycles. The Bertz CT molecular complexity index is 442. The number of halogens is 3. The summed E-state index contributed by atoms with van der Waals surface area (Å²) in [6.45, 7) is 1.34. The van der Waals surface area contributed by atoms with Gasteiger partial charge in [-0.25, -0.2) is 0 Å². The Balaban J connectivity index is 0.00000162. The van der Waals surface area contributed by atoms with Crippen LogP contribution in [0.1, 0.15) is 23.2 Å². The van der Waals surface area contributed by atoms with Gasteiger partial charge in [-0.2, -0.15) is 0 Å². The Morgan fingerprint density at radius 1 is 1.56 bits per heavy atom. The fourth-order valence-corrected chi connectivity index (χ4v) is 2.78. The van der Waals surface area contributed by atoms with E-state index in [4.69, 9.17) is 17.3 Å². The topological polar surface area (TPSA) is 46.3 Å². The van der Waals surface area contributed by atoms with E-state index in [9.17, 15) is 4.79 Å².